The summed E-state index contributed by atoms with van der Waals surface area (Å²) in [5, 5.41) is 3.74. The molecule has 2 aromatic heterocycles. The summed E-state index contributed by atoms with van der Waals surface area (Å²) in [7, 11) is 0. The predicted molar refractivity (Wildman–Crippen MR) is 130 cm³/mol. The number of thiazole rings is 1. The molecule has 5 heteroatoms. The minimum atomic E-state index is 0.782. The average Bonchev–Trinajstić information content (AvgIpc) is 3.27. The van der Waals surface area contributed by atoms with Crippen LogP contribution < -0.4 is 5.32 Å². The molecule has 1 saturated carbocycles. The summed E-state index contributed by atoms with van der Waals surface area (Å²) in [6.45, 7) is 3.19. The van der Waals surface area contributed by atoms with E-state index in [0.29, 0.717) is 0 Å². The molecular formula is C26H28N4S. The number of fused-ring (bicyclic) bond motifs is 1. The van der Waals surface area contributed by atoms with Crippen LogP contribution in [0.15, 0.2) is 54.3 Å². The zero-order valence-electron chi connectivity index (χ0n) is 18.0. The van der Waals surface area contributed by atoms with Gasteiger partial charge in [-0.15, -0.1) is 11.3 Å². The Labute approximate surface area is 187 Å². The fourth-order valence-electron chi connectivity index (χ4n) is 4.53. The van der Waals surface area contributed by atoms with Gasteiger partial charge in [0.2, 0.25) is 0 Å². The quantitative estimate of drug-likeness (QED) is 0.374. The van der Waals surface area contributed by atoms with Crippen molar-refractivity contribution in [3.05, 3.63) is 71.1 Å². The molecule has 0 radical (unpaired) electrons. The highest BCUT2D eigenvalue weighted by atomic mass is 32.1. The van der Waals surface area contributed by atoms with Crippen LogP contribution in [0.25, 0.3) is 21.5 Å². The monoisotopic (exact) mass is 428 g/mol. The lowest BCUT2D eigenvalue weighted by molar-refractivity contribution is 0.373. The largest absolute Gasteiger partial charge is 0.384 e. The molecule has 0 amide bonds. The lowest BCUT2D eigenvalue weighted by atomic mass is 9.89. The van der Waals surface area contributed by atoms with Gasteiger partial charge in [-0.25, -0.2) is 15.0 Å². The molecule has 2 aromatic carbocycles. The molecule has 0 bridgehead atoms. The van der Waals surface area contributed by atoms with Gasteiger partial charge in [0, 0.05) is 29.9 Å². The maximum absolute atomic E-state index is 4.62. The van der Waals surface area contributed by atoms with Crippen LogP contribution in [0, 0.1) is 12.8 Å². The summed E-state index contributed by atoms with van der Waals surface area (Å²) < 4.78 is 1.22. The van der Waals surface area contributed by atoms with Gasteiger partial charge in [-0.2, -0.15) is 0 Å². The first kappa shape index (κ1) is 20.1. The second-order valence-electron chi connectivity index (χ2n) is 8.66. The predicted octanol–water partition coefficient (Wildman–Crippen LogP) is 6.64. The zero-order valence-corrected chi connectivity index (χ0v) is 18.8. The highest BCUT2D eigenvalue weighted by Gasteiger charge is 2.15. The van der Waals surface area contributed by atoms with Crippen LogP contribution in [0.3, 0.4) is 0 Å². The number of hydrogen-bond acceptors (Lipinski definition) is 5. The molecule has 0 saturated heterocycles. The van der Waals surface area contributed by atoms with Crippen molar-refractivity contribution in [3.8, 4) is 11.3 Å². The number of anilines is 1. The Morgan fingerprint density at radius 1 is 0.968 bits per heavy atom. The molecule has 31 heavy (non-hydrogen) atoms. The maximum Gasteiger partial charge on any atom is 0.116 e. The van der Waals surface area contributed by atoms with Gasteiger partial charge < -0.3 is 5.32 Å². The Morgan fingerprint density at radius 3 is 2.77 bits per heavy atom. The molecule has 5 rings (SSSR count). The molecule has 1 aliphatic rings. The molecule has 0 aliphatic heterocycles. The van der Waals surface area contributed by atoms with E-state index in [0.717, 1.165) is 41.4 Å². The molecule has 0 atom stereocenters. The van der Waals surface area contributed by atoms with Crippen molar-refractivity contribution in [3.63, 3.8) is 0 Å². The first-order valence-corrected chi connectivity index (χ1v) is 12.1. The summed E-state index contributed by atoms with van der Waals surface area (Å²) in [6, 6.07) is 15.2. The second-order valence-corrected chi connectivity index (χ2v) is 9.55. The highest BCUT2D eigenvalue weighted by Crippen LogP contribution is 2.30. The van der Waals surface area contributed by atoms with Crippen molar-refractivity contribution >= 4 is 27.2 Å². The van der Waals surface area contributed by atoms with Crippen LogP contribution in [-0.2, 0) is 6.42 Å². The third-order valence-electron chi connectivity index (χ3n) is 6.26. The summed E-state index contributed by atoms with van der Waals surface area (Å²) >= 11 is 1.68. The molecular weight excluding hydrogens is 400 g/mol. The third kappa shape index (κ3) is 4.77. The molecule has 2 heterocycles. The highest BCUT2D eigenvalue weighted by molar-refractivity contribution is 7.16. The third-order valence-corrected chi connectivity index (χ3v) is 7.05. The fraction of sp³-hybridized carbons (Fsp3) is 0.346. The van der Waals surface area contributed by atoms with E-state index in [1.54, 1.807) is 17.7 Å². The van der Waals surface area contributed by atoms with Crippen molar-refractivity contribution in [2.75, 3.05) is 11.9 Å². The number of aromatic nitrogens is 3. The lowest BCUT2D eigenvalue weighted by Gasteiger charge is -2.23. The smallest absolute Gasteiger partial charge is 0.116 e. The molecule has 0 spiro atoms. The van der Waals surface area contributed by atoms with E-state index < -0.39 is 0 Å². The Kier molecular flexibility index (Phi) is 5.94. The summed E-state index contributed by atoms with van der Waals surface area (Å²) in [4.78, 5) is 13.5. The van der Waals surface area contributed by atoms with Crippen LogP contribution in [0.4, 0.5) is 5.69 Å². The van der Waals surface area contributed by atoms with Crippen LogP contribution >= 0.6 is 11.3 Å². The maximum atomic E-state index is 4.62. The number of aryl methyl sites for hydroxylation is 1. The first-order chi connectivity index (χ1) is 15.2. The summed E-state index contributed by atoms with van der Waals surface area (Å²) in [5.74, 6) is 0.782. The minimum Gasteiger partial charge on any atom is -0.384 e. The van der Waals surface area contributed by atoms with Crippen LogP contribution in [-0.4, -0.2) is 21.5 Å². The van der Waals surface area contributed by atoms with Gasteiger partial charge in [0.1, 0.15) is 6.33 Å². The summed E-state index contributed by atoms with van der Waals surface area (Å²) in [6.07, 6.45) is 9.31. The second kappa shape index (κ2) is 9.15. The topological polar surface area (TPSA) is 50.7 Å². The van der Waals surface area contributed by atoms with E-state index in [1.165, 1.54) is 53.6 Å². The molecule has 1 aliphatic carbocycles. The van der Waals surface area contributed by atoms with E-state index in [1.807, 2.05) is 5.51 Å². The van der Waals surface area contributed by atoms with Gasteiger partial charge >= 0.3 is 0 Å². The van der Waals surface area contributed by atoms with Crippen LogP contribution in [0.1, 0.15) is 48.9 Å². The number of hydrogen-bond donors (Lipinski definition) is 1. The SMILES string of the molecule is Cc1ccc(-c2cc(Cc3ccc4ncsc4c3)ncn2)c(NCC2CCCCC2)c1. The van der Waals surface area contributed by atoms with Crippen molar-refractivity contribution in [1.29, 1.82) is 0 Å². The van der Waals surface area contributed by atoms with Gasteiger partial charge in [-0.3, -0.25) is 0 Å². The van der Waals surface area contributed by atoms with E-state index in [-0.39, 0.29) is 0 Å². The zero-order chi connectivity index (χ0) is 21.0. The fourth-order valence-corrected chi connectivity index (χ4v) is 5.27. The van der Waals surface area contributed by atoms with Gasteiger partial charge in [0.05, 0.1) is 21.4 Å². The van der Waals surface area contributed by atoms with Gasteiger partial charge in [-0.05, 0) is 61.1 Å². The van der Waals surface area contributed by atoms with Crippen LogP contribution in [0.2, 0.25) is 0 Å². The van der Waals surface area contributed by atoms with Crippen LogP contribution in [0.5, 0.6) is 0 Å². The van der Waals surface area contributed by atoms with E-state index in [4.69, 9.17) is 0 Å². The standard InChI is InChI=1S/C26H28N4S/c1-18-7-9-22(24(11-18)27-15-19-5-3-2-4-6-19)25-14-21(28-16-29-25)12-20-8-10-23-26(13-20)31-17-30-23/h7-11,13-14,16-17,19,27H,2-6,12,15H2,1H3. The van der Waals surface area contributed by atoms with E-state index in [2.05, 4.69) is 69.7 Å². The number of benzene rings is 2. The lowest BCUT2D eigenvalue weighted by Crippen LogP contribution is -2.17. The van der Waals surface area contributed by atoms with Crippen molar-refractivity contribution < 1.29 is 0 Å². The minimum absolute atomic E-state index is 0.782. The molecule has 1 N–H and O–H groups in total. The average molecular weight is 429 g/mol. The number of nitrogens with one attached hydrogen (secondary N) is 1. The summed E-state index contributed by atoms with van der Waals surface area (Å²) in [5.41, 5.74) is 9.83. The van der Waals surface area contributed by atoms with Gasteiger partial charge in [0.25, 0.3) is 0 Å². The Morgan fingerprint density at radius 2 is 1.87 bits per heavy atom. The molecule has 4 nitrogen and oxygen atoms in total. The molecule has 4 aromatic rings. The van der Waals surface area contributed by atoms with E-state index in [9.17, 15) is 0 Å². The first-order valence-electron chi connectivity index (χ1n) is 11.2. The normalized spacial score (nSPS) is 14.7. The van der Waals surface area contributed by atoms with Gasteiger partial charge in [0.15, 0.2) is 0 Å². The van der Waals surface area contributed by atoms with Crippen molar-refractivity contribution in [2.45, 2.75) is 45.4 Å². The van der Waals surface area contributed by atoms with Crippen molar-refractivity contribution in [1.82, 2.24) is 15.0 Å². The van der Waals surface area contributed by atoms with Crippen molar-refractivity contribution in [2.24, 2.45) is 5.92 Å². The van der Waals surface area contributed by atoms with E-state index >= 15 is 0 Å². The number of nitrogens with zero attached hydrogens (tertiary/aromatic N) is 3. The molecule has 158 valence electrons. The number of rotatable bonds is 6. The Hall–Kier alpha value is -2.79. The molecule has 1 fully saturated rings. The Balaban J connectivity index is 1.38. The van der Waals surface area contributed by atoms with Gasteiger partial charge in [-0.1, -0.05) is 37.5 Å². The Bertz CT molecular complexity index is 1180. The molecule has 0 unspecified atom stereocenters.